The molecule has 4 rings (SSSR count). The van der Waals surface area contributed by atoms with E-state index in [4.69, 9.17) is 0 Å². The van der Waals surface area contributed by atoms with Crippen molar-refractivity contribution in [1.29, 1.82) is 0 Å². The van der Waals surface area contributed by atoms with E-state index >= 15 is 0 Å². The molecule has 0 amide bonds. The third-order valence-corrected chi connectivity index (χ3v) is 5.87. The molecule has 0 N–H and O–H groups in total. The summed E-state index contributed by atoms with van der Waals surface area (Å²) in [6.07, 6.45) is 6.08. The van der Waals surface area contributed by atoms with Crippen LogP contribution < -0.4 is 0 Å². The van der Waals surface area contributed by atoms with Crippen LogP contribution in [0.5, 0.6) is 0 Å². The zero-order valence-electron chi connectivity index (χ0n) is 15.3. The van der Waals surface area contributed by atoms with E-state index in [2.05, 4.69) is 14.9 Å². The number of hydrogen-bond acceptors (Lipinski definition) is 3. The lowest BCUT2D eigenvalue weighted by Crippen LogP contribution is -2.41. The Labute approximate surface area is 157 Å². The van der Waals surface area contributed by atoms with E-state index in [1.54, 1.807) is 18.5 Å². The van der Waals surface area contributed by atoms with Crippen molar-refractivity contribution in [2.75, 3.05) is 13.1 Å². The van der Waals surface area contributed by atoms with E-state index in [0.29, 0.717) is 17.3 Å². The van der Waals surface area contributed by atoms with E-state index in [0.717, 1.165) is 37.7 Å². The van der Waals surface area contributed by atoms with Gasteiger partial charge in [-0.1, -0.05) is 25.0 Å². The number of aromatic nitrogens is 2. The van der Waals surface area contributed by atoms with Crippen LogP contribution in [0, 0.1) is 0 Å². The van der Waals surface area contributed by atoms with Gasteiger partial charge in [-0.3, -0.25) is 14.9 Å². The molecule has 1 aromatic heterocycles. The van der Waals surface area contributed by atoms with E-state index in [1.807, 2.05) is 0 Å². The average Bonchev–Trinajstić information content (AvgIpc) is 3.22. The second-order valence-electron chi connectivity index (χ2n) is 7.64. The molecule has 0 spiro atoms. The molecular formula is C21H24F3N3. The van der Waals surface area contributed by atoms with Gasteiger partial charge < -0.3 is 0 Å². The normalized spacial score (nSPS) is 22.3. The zero-order valence-corrected chi connectivity index (χ0v) is 15.3. The van der Waals surface area contributed by atoms with Gasteiger partial charge in [0.05, 0.1) is 17.0 Å². The van der Waals surface area contributed by atoms with Crippen molar-refractivity contribution in [1.82, 2.24) is 14.9 Å². The Morgan fingerprint density at radius 3 is 2.52 bits per heavy atom. The number of alkyl halides is 3. The second-order valence-corrected chi connectivity index (χ2v) is 7.64. The second kappa shape index (κ2) is 7.58. The first-order chi connectivity index (χ1) is 13.0. The van der Waals surface area contributed by atoms with Crippen molar-refractivity contribution in [2.45, 2.75) is 56.7 Å². The molecule has 0 radical (unpaired) electrons. The average molecular weight is 375 g/mol. The van der Waals surface area contributed by atoms with Crippen LogP contribution in [0.15, 0.2) is 36.7 Å². The van der Waals surface area contributed by atoms with E-state index in [1.165, 1.54) is 37.8 Å². The van der Waals surface area contributed by atoms with Crippen molar-refractivity contribution in [3.8, 4) is 11.3 Å². The standard InChI is InChI=1S/C21H24F3N3/c22-21(23,24)17-7-3-5-15(13-17)19-20(26-11-10-25-19)16-6-4-12-27(14-16)18-8-1-2-9-18/h3,5,7,10-11,13,16,18H,1-2,4,6,8-9,12,14H2/t16-/m0/s1. The Morgan fingerprint density at radius 1 is 0.963 bits per heavy atom. The summed E-state index contributed by atoms with van der Waals surface area (Å²) in [7, 11) is 0. The molecule has 1 saturated heterocycles. The minimum atomic E-state index is -4.36. The van der Waals surface area contributed by atoms with Crippen LogP contribution >= 0.6 is 0 Å². The first kappa shape index (κ1) is 18.4. The van der Waals surface area contributed by atoms with Crippen molar-refractivity contribution in [3.63, 3.8) is 0 Å². The highest BCUT2D eigenvalue weighted by molar-refractivity contribution is 5.63. The number of benzene rings is 1. The van der Waals surface area contributed by atoms with Crippen LogP contribution in [0.3, 0.4) is 0 Å². The molecule has 2 heterocycles. The molecule has 0 unspecified atom stereocenters. The molecule has 6 heteroatoms. The number of halogens is 3. The lowest BCUT2D eigenvalue weighted by atomic mass is 9.90. The zero-order chi connectivity index (χ0) is 18.9. The fourth-order valence-electron chi connectivity index (χ4n) is 4.54. The van der Waals surface area contributed by atoms with Gasteiger partial charge in [0.15, 0.2) is 0 Å². The number of hydrogen-bond donors (Lipinski definition) is 0. The van der Waals surface area contributed by atoms with E-state index < -0.39 is 11.7 Å². The molecule has 27 heavy (non-hydrogen) atoms. The highest BCUT2D eigenvalue weighted by Gasteiger charge is 2.32. The Balaban J connectivity index is 1.63. The molecule has 144 valence electrons. The summed E-state index contributed by atoms with van der Waals surface area (Å²) in [4.78, 5) is 11.5. The minimum Gasteiger partial charge on any atom is -0.300 e. The topological polar surface area (TPSA) is 29.0 Å². The van der Waals surface area contributed by atoms with Gasteiger partial charge in [0, 0.05) is 36.5 Å². The van der Waals surface area contributed by atoms with Gasteiger partial charge in [0.1, 0.15) is 0 Å². The van der Waals surface area contributed by atoms with Crippen LogP contribution in [0.2, 0.25) is 0 Å². The first-order valence-electron chi connectivity index (χ1n) is 9.75. The fourth-order valence-corrected chi connectivity index (χ4v) is 4.54. The number of rotatable bonds is 3. The third-order valence-electron chi connectivity index (χ3n) is 5.87. The highest BCUT2D eigenvalue weighted by Crippen LogP contribution is 2.36. The third kappa shape index (κ3) is 4.00. The molecule has 1 atom stereocenters. The molecule has 2 aromatic rings. The summed E-state index contributed by atoms with van der Waals surface area (Å²) < 4.78 is 39.4. The van der Waals surface area contributed by atoms with Crippen LogP contribution in [0.25, 0.3) is 11.3 Å². The van der Waals surface area contributed by atoms with Gasteiger partial charge in [0.25, 0.3) is 0 Å². The quantitative estimate of drug-likeness (QED) is 0.730. The predicted molar refractivity (Wildman–Crippen MR) is 98.3 cm³/mol. The smallest absolute Gasteiger partial charge is 0.300 e. The van der Waals surface area contributed by atoms with Crippen LogP contribution in [0.1, 0.15) is 55.7 Å². The molecule has 1 saturated carbocycles. The van der Waals surface area contributed by atoms with E-state index in [-0.39, 0.29) is 5.92 Å². The summed E-state index contributed by atoms with van der Waals surface area (Å²) >= 11 is 0. The monoisotopic (exact) mass is 375 g/mol. The molecule has 1 aliphatic heterocycles. The van der Waals surface area contributed by atoms with Gasteiger partial charge in [-0.15, -0.1) is 0 Å². The largest absolute Gasteiger partial charge is 0.416 e. The lowest BCUT2D eigenvalue weighted by molar-refractivity contribution is -0.137. The summed E-state index contributed by atoms with van der Waals surface area (Å²) in [5, 5.41) is 0. The molecule has 0 bridgehead atoms. The number of nitrogens with zero attached hydrogens (tertiary/aromatic N) is 3. The van der Waals surface area contributed by atoms with Crippen LogP contribution in [-0.2, 0) is 6.18 Å². The Morgan fingerprint density at radius 2 is 1.74 bits per heavy atom. The summed E-state index contributed by atoms with van der Waals surface area (Å²) in [6.45, 7) is 2.04. The molecule has 1 aliphatic carbocycles. The highest BCUT2D eigenvalue weighted by atomic mass is 19.4. The Kier molecular flexibility index (Phi) is 5.17. The van der Waals surface area contributed by atoms with Crippen LogP contribution in [0.4, 0.5) is 13.2 Å². The minimum absolute atomic E-state index is 0.220. The maximum absolute atomic E-state index is 13.1. The van der Waals surface area contributed by atoms with Gasteiger partial charge >= 0.3 is 6.18 Å². The molecular weight excluding hydrogens is 351 g/mol. The van der Waals surface area contributed by atoms with E-state index in [9.17, 15) is 13.2 Å². The van der Waals surface area contributed by atoms with Crippen LogP contribution in [-0.4, -0.2) is 34.0 Å². The summed E-state index contributed by atoms with van der Waals surface area (Å²) in [5.74, 6) is 0.220. The van der Waals surface area contributed by atoms with Crippen molar-refractivity contribution >= 4 is 0 Å². The van der Waals surface area contributed by atoms with Crippen molar-refractivity contribution in [2.24, 2.45) is 0 Å². The summed E-state index contributed by atoms with van der Waals surface area (Å²) in [5.41, 5.74) is 1.26. The Bertz CT molecular complexity index is 784. The molecule has 2 aliphatic rings. The maximum Gasteiger partial charge on any atom is 0.416 e. The predicted octanol–water partition coefficient (Wildman–Crippen LogP) is 5.28. The Hall–Kier alpha value is -1.95. The first-order valence-corrected chi connectivity index (χ1v) is 9.75. The lowest BCUT2D eigenvalue weighted by Gasteiger charge is -2.37. The molecule has 3 nitrogen and oxygen atoms in total. The van der Waals surface area contributed by atoms with Crippen molar-refractivity contribution < 1.29 is 13.2 Å². The number of piperidine rings is 1. The molecule has 1 aromatic carbocycles. The van der Waals surface area contributed by atoms with Gasteiger partial charge in [0.2, 0.25) is 0 Å². The molecule has 2 fully saturated rings. The fraction of sp³-hybridized carbons (Fsp3) is 0.524. The number of likely N-dealkylation sites (tertiary alicyclic amines) is 1. The van der Waals surface area contributed by atoms with Crippen molar-refractivity contribution in [3.05, 3.63) is 47.9 Å². The van der Waals surface area contributed by atoms with Gasteiger partial charge in [-0.25, -0.2) is 0 Å². The van der Waals surface area contributed by atoms with Gasteiger partial charge in [-0.2, -0.15) is 13.2 Å². The summed E-state index contributed by atoms with van der Waals surface area (Å²) in [6, 6.07) is 6.08. The SMILES string of the molecule is FC(F)(F)c1cccc(-c2nccnc2[C@H]2CCCN(C3CCCC3)C2)c1. The van der Waals surface area contributed by atoms with Gasteiger partial charge in [-0.05, 0) is 44.4 Å². The maximum atomic E-state index is 13.1.